The molecule has 3 heterocycles. The quantitative estimate of drug-likeness (QED) is 0.539. The lowest BCUT2D eigenvalue weighted by Crippen LogP contribution is -2.41. The van der Waals surface area contributed by atoms with Crippen LogP contribution in [0.4, 0.5) is 16.2 Å². The maximum absolute atomic E-state index is 13.6. The number of urea groups is 1. The summed E-state index contributed by atoms with van der Waals surface area (Å²) in [6.07, 6.45) is 6.00. The number of hydrogen-bond donors (Lipinski definition) is 3. The van der Waals surface area contributed by atoms with Crippen molar-refractivity contribution in [2.75, 3.05) is 10.6 Å². The third-order valence-corrected chi connectivity index (χ3v) is 8.19. The van der Waals surface area contributed by atoms with Gasteiger partial charge in [0.2, 0.25) is 0 Å². The van der Waals surface area contributed by atoms with Crippen LogP contribution in [0.2, 0.25) is 0 Å². The van der Waals surface area contributed by atoms with Gasteiger partial charge in [0.1, 0.15) is 16.1 Å². The number of nitrogens with two attached hydrogens (primary N) is 1. The molecule has 1 atom stereocenters. The number of pyridine rings is 1. The first-order valence-corrected chi connectivity index (χ1v) is 11.4. The van der Waals surface area contributed by atoms with Gasteiger partial charge in [-0.25, -0.2) is 9.69 Å². The Bertz CT molecular complexity index is 1370. The van der Waals surface area contributed by atoms with Gasteiger partial charge in [-0.2, -0.15) is 0 Å². The van der Waals surface area contributed by atoms with Gasteiger partial charge < -0.3 is 16.0 Å². The van der Waals surface area contributed by atoms with E-state index in [1.807, 2.05) is 18.2 Å². The second-order valence-electron chi connectivity index (χ2n) is 8.81. The van der Waals surface area contributed by atoms with E-state index in [1.165, 1.54) is 27.3 Å². The SMILES string of the molecule is C[C@]1(c2ccc3c(c2)CCC3)NC(=O)N(c2c(N)c3c4c(sc3[nH]c2=O)CCC4)C1=O. The number of hydrogen-bond acceptors (Lipinski definition) is 5. The molecule has 1 fully saturated rings. The molecule has 0 bridgehead atoms. The molecule has 3 amide bonds. The number of nitrogen functional groups attached to an aromatic ring is 1. The van der Waals surface area contributed by atoms with Crippen LogP contribution in [0, 0.1) is 0 Å². The summed E-state index contributed by atoms with van der Waals surface area (Å²) in [7, 11) is 0. The Morgan fingerprint density at radius 3 is 2.68 bits per heavy atom. The average molecular weight is 435 g/mol. The highest BCUT2D eigenvalue weighted by atomic mass is 32.1. The van der Waals surface area contributed by atoms with E-state index in [0.29, 0.717) is 4.83 Å². The summed E-state index contributed by atoms with van der Waals surface area (Å²) in [6, 6.07) is 5.31. The molecule has 1 saturated heterocycles. The van der Waals surface area contributed by atoms with Crippen LogP contribution in [-0.2, 0) is 36.0 Å². The minimum atomic E-state index is -1.25. The van der Waals surface area contributed by atoms with Gasteiger partial charge in [0.25, 0.3) is 11.5 Å². The zero-order valence-corrected chi connectivity index (χ0v) is 17.9. The Morgan fingerprint density at radius 2 is 1.84 bits per heavy atom. The lowest BCUT2D eigenvalue weighted by molar-refractivity contribution is -0.121. The summed E-state index contributed by atoms with van der Waals surface area (Å²) in [6.45, 7) is 1.69. The number of nitrogens with one attached hydrogen (secondary N) is 2. The number of aromatic amines is 1. The molecule has 3 aromatic rings. The summed E-state index contributed by atoms with van der Waals surface area (Å²) in [4.78, 5) is 45.3. The second kappa shape index (κ2) is 6.20. The highest BCUT2D eigenvalue weighted by Gasteiger charge is 2.51. The number of fused-ring (bicyclic) bond motifs is 4. The first-order chi connectivity index (χ1) is 14.9. The number of carbonyl (C=O) groups excluding carboxylic acids is 2. The number of anilines is 2. The first kappa shape index (κ1) is 18.6. The fourth-order valence-electron chi connectivity index (χ4n) is 5.32. The summed E-state index contributed by atoms with van der Waals surface area (Å²) in [5, 5.41) is 3.59. The molecular weight excluding hydrogens is 412 g/mol. The zero-order valence-electron chi connectivity index (χ0n) is 17.1. The summed E-state index contributed by atoms with van der Waals surface area (Å²) in [5.41, 5.74) is 9.17. The first-order valence-electron chi connectivity index (χ1n) is 10.6. The lowest BCUT2D eigenvalue weighted by atomic mass is 9.89. The number of aromatic nitrogens is 1. The smallest absolute Gasteiger partial charge is 0.330 e. The fourth-order valence-corrected chi connectivity index (χ4v) is 6.62. The Morgan fingerprint density at radius 1 is 1.06 bits per heavy atom. The van der Waals surface area contributed by atoms with Crippen LogP contribution in [0.3, 0.4) is 0 Å². The molecule has 31 heavy (non-hydrogen) atoms. The minimum absolute atomic E-state index is 0.0765. The maximum Gasteiger partial charge on any atom is 0.330 e. The van der Waals surface area contributed by atoms with E-state index in [-0.39, 0.29) is 11.4 Å². The van der Waals surface area contributed by atoms with Crippen molar-refractivity contribution in [3.63, 3.8) is 0 Å². The molecule has 6 rings (SSSR count). The highest BCUT2D eigenvalue weighted by molar-refractivity contribution is 7.19. The standard InChI is InChI=1S/C23H22N4O3S/c1-23(13-9-8-11-4-2-5-12(11)10-13)21(29)27(22(30)26-23)18-17(24)16-14-6-3-7-15(14)31-20(16)25-19(18)28/h8-10H,2-7H2,1H3,(H,26,30)(H3,24,25,28)/t23-/m1/s1. The van der Waals surface area contributed by atoms with Crippen LogP contribution >= 0.6 is 11.3 Å². The van der Waals surface area contributed by atoms with Crippen molar-refractivity contribution in [1.29, 1.82) is 0 Å². The number of nitrogens with zero attached hydrogens (tertiary/aromatic N) is 1. The molecule has 0 saturated carbocycles. The van der Waals surface area contributed by atoms with Crippen molar-refractivity contribution in [2.45, 2.75) is 51.0 Å². The third-order valence-electron chi connectivity index (χ3n) is 6.98. The molecule has 3 aliphatic rings. The number of amides is 3. The monoisotopic (exact) mass is 434 g/mol. The maximum atomic E-state index is 13.6. The van der Waals surface area contributed by atoms with E-state index in [1.54, 1.807) is 6.92 Å². The van der Waals surface area contributed by atoms with Gasteiger partial charge >= 0.3 is 6.03 Å². The molecule has 8 heteroatoms. The lowest BCUT2D eigenvalue weighted by Gasteiger charge is -2.23. The van der Waals surface area contributed by atoms with Gasteiger partial charge in [-0.05, 0) is 67.7 Å². The van der Waals surface area contributed by atoms with E-state index in [2.05, 4.69) is 10.3 Å². The molecule has 1 aromatic carbocycles. The number of H-pyrrole nitrogens is 1. The molecule has 0 unspecified atom stereocenters. The fraction of sp³-hybridized carbons (Fsp3) is 0.348. The number of carbonyl (C=O) groups is 2. The van der Waals surface area contributed by atoms with Crippen molar-refractivity contribution < 1.29 is 9.59 Å². The second-order valence-corrected chi connectivity index (χ2v) is 9.92. The predicted molar refractivity (Wildman–Crippen MR) is 121 cm³/mol. The van der Waals surface area contributed by atoms with E-state index >= 15 is 0 Å². The van der Waals surface area contributed by atoms with E-state index in [9.17, 15) is 14.4 Å². The average Bonchev–Trinajstić information content (AvgIpc) is 3.47. The Hall–Kier alpha value is -3.13. The van der Waals surface area contributed by atoms with Crippen LogP contribution in [0.15, 0.2) is 23.0 Å². The molecule has 0 radical (unpaired) electrons. The number of aryl methyl sites for hydroxylation is 4. The summed E-state index contributed by atoms with van der Waals surface area (Å²) in [5.74, 6) is -0.487. The minimum Gasteiger partial charge on any atom is -0.396 e. The molecule has 7 nitrogen and oxygen atoms in total. The Kier molecular flexibility index (Phi) is 3.72. The highest BCUT2D eigenvalue weighted by Crippen LogP contribution is 2.42. The Labute approximate surface area is 182 Å². The van der Waals surface area contributed by atoms with E-state index in [4.69, 9.17) is 5.73 Å². The van der Waals surface area contributed by atoms with Crippen LogP contribution in [0.5, 0.6) is 0 Å². The molecule has 2 aromatic heterocycles. The molecule has 0 spiro atoms. The van der Waals surface area contributed by atoms with Gasteiger partial charge in [-0.1, -0.05) is 18.2 Å². The van der Waals surface area contributed by atoms with Crippen molar-refractivity contribution in [3.05, 3.63) is 55.7 Å². The van der Waals surface area contributed by atoms with Gasteiger partial charge in [-0.3, -0.25) is 9.59 Å². The van der Waals surface area contributed by atoms with Crippen molar-refractivity contribution in [1.82, 2.24) is 10.3 Å². The van der Waals surface area contributed by atoms with Crippen LogP contribution in [0.1, 0.15) is 46.9 Å². The number of imide groups is 1. The molecule has 1 aliphatic heterocycles. The number of rotatable bonds is 2. The molecule has 4 N–H and O–H groups in total. The van der Waals surface area contributed by atoms with Crippen molar-refractivity contribution >= 4 is 44.9 Å². The zero-order chi connectivity index (χ0) is 21.5. The van der Waals surface area contributed by atoms with Gasteiger partial charge in [-0.15, -0.1) is 11.3 Å². The third kappa shape index (κ3) is 2.42. The summed E-state index contributed by atoms with van der Waals surface area (Å²) >= 11 is 1.54. The van der Waals surface area contributed by atoms with Crippen molar-refractivity contribution in [2.24, 2.45) is 0 Å². The number of benzene rings is 1. The van der Waals surface area contributed by atoms with E-state index < -0.39 is 23.0 Å². The van der Waals surface area contributed by atoms with Gasteiger partial charge in [0, 0.05) is 10.3 Å². The molecule has 2 aliphatic carbocycles. The summed E-state index contributed by atoms with van der Waals surface area (Å²) < 4.78 is 0. The van der Waals surface area contributed by atoms with Crippen molar-refractivity contribution in [3.8, 4) is 0 Å². The largest absolute Gasteiger partial charge is 0.396 e. The topological polar surface area (TPSA) is 108 Å². The molecular formula is C23H22N4O3S. The molecule has 158 valence electrons. The predicted octanol–water partition coefficient (Wildman–Crippen LogP) is 3.12. The normalized spacial score (nSPS) is 22.3. The van der Waals surface area contributed by atoms with Gasteiger partial charge in [0.15, 0.2) is 0 Å². The number of thiophene rings is 1. The van der Waals surface area contributed by atoms with E-state index in [0.717, 1.165) is 59.9 Å². The van der Waals surface area contributed by atoms with Crippen LogP contribution < -0.4 is 21.5 Å². The van der Waals surface area contributed by atoms with Crippen LogP contribution in [-0.4, -0.2) is 16.9 Å². The van der Waals surface area contributed by atoms with Gasteiger partial charge in [0.05, 0.1) is 5.69 Å². The Balaban J connectivity index is 1.49. The van der Waals surface area contributed by atoms with Crippen LogP contribution in [0.25, 0.3) is 10.2 Å².